The van der Waals surface area contributed by atoms with Gasteiger partial charge in [0.05, 0.1) is 11.2 Å². The van der Waals surface area contributed by atoms with Gasteiger partial charge in [0.15, 0.2) is 0 Å². The van der Waals surface area contributed by atoms with E-state index in [2.05, 4.69) is 43.0 Å². The van der Waals surface area contributed by atoms with Crippen LogP contribution in [-0.2, 0) is 0 Å². The standard InChI is InChI=1S/C16H21BrN4/c1-12-3-7-21(8-4-12)9-6-19-14-2-5-18-15-10-13(17)11-20-16(14)15/h2,5,10-12H,3-4,6-9H2,1H3,(H,18,19). The average Bonchev–Trinajstić information content (AvgIpc) is 2.49. The largest absolute Gasteiger partial charge is 0.382 e. The van der Waals surface area contributed by atoms with E-state index in [4.69, 9.17) is 0 Å². The molecule has 0 aliphatic carbocycles. The Kier molecular flexibility index (Phi) is 4.70. The maximum Gasteiger partial charge on any atom is 0.112 e. The van der Waals surface area contributed by atoms with Crippen LogP contribution in [0.25, 0.3) is 11.0 Å². The Morgan fingerprint density at radius 2 is 2.14 bits per heavy atom. The lowest BCUT2D eigenvalue weighted by molar-refractivity contribution is 0.199. The fourth-order valence-electron chi connectivity index (χ4n) is 2.78. The number of rotatable bonds is 4. The van der Waals surface area contributed by atoms with Crippen molar-refractivity contribution in [1.29, 1.82) is 0 Å². The highest BCUT2D eigenvalue weighted by Gasteiger charge is 2.14. The number of hydrogen-bond donors (Lipinski definition) is 1. The van der Waals surface area contributed by atoms with Gasteiger partial charge in [-0.3, -0.25) is 9.97 Å². The molecule has 0 bridgehead atoms. The second-order valence-electron chi connectivity index (χ2n) is 5.83. The monoisotopic (exact) mass is 348 g/mol. The van der Waals surface area contributed by atoms with Crippen molar-refractivity contribution in [3.63, 3.8) is 0 Å². The van der Waals surface area contributed by atoms with Crippen molar-refractivity contribution in [2.24, 2.45) is 5.92 Å². The Bertz CT molecular complexity index is 608. The second-order valence-corrected chi connectivity index (χ2v) is 6.75. The van der Waals surface area contributed by atoms with E-state index in [1.807, 2.05) is 24.5 Å². The third kappa shape index (κ3) is 3.71. The molecular formula is C16H21BrN4. The van der Waals surface area contributed by atoms with Crippen LogP contribution in [0.5, 0.6) is 0 Å². The molecule has 0 unspecified atom stereocenters. The number of piperidine rings is 1. The van der Waals surface area contributed by atoms with Crippen LogP contribution >= 0.6 is 15.9 Å². The van der Waals surface area contributed by atoms with Gasteiger partial charge in [-0.25, -0.2) is 0 Å². The van der Waals surface area contributed by atoms with Gasteiger partial charge in [0, 0.05) is 30.0 Å². The number of aromatic nitrogens is 2. The number of halogens is 1. The van der Waals surface area contributed by atoms with Crippen LogP contribution in [0.15, 0.2) is 29.0 Å². The minimum Gasteiger partial charge on any atom is -0.382 e. The molecule has 5 heteroatoms. The average molecular weight is 349 g/mol. The Balaban J connectivity index is 1.60. The predicted octanol–water partition coefficient (Wildman–Crippen LogP) is 3.54. The van der Waals surface area contributed by atoms with Gasteiger partial charge in [0.25, 0.3) is 0 Å². The fraction of sp³-hybridized carbons (Fsp3) is 0.500. The van der Waals surface area contributed by atoms with Crippen molar-refractivity contribution in [3.8, 4) is 0 Å². The van der Waals surface area contributed by atoms with Crippen LogP contribution in [0.4, 0.5) is 5.69 Å². The topological polar surface area (TPSA) is 41.0 Å². The molecule has 2 aromatic rings. The lowest BCUT2D eigenvalue weighted by atomic mass is 9.99. The molecule has 0 saturated carbocycles. The molecule has 0 radical (unpaired) electrons. The van der Waals surface area contributed by atoms with Crippen molar-refractivity contribution in [3.05, 3.63) is 29.0 Å². The highest BCUT2D eigenvalue weighted by Crippen LogP contribution is 2.22. The number of nitrogens with zero attached hydrogens (tertiary/aromatic N) is 3. The summed E-state index contributed by atoms with van der Waals surface area (Å²) in [5, 5.41) is 3.51. The summed E-state index contributed by atoms with van der Waals surface area (Å²) < 4.78 is 0.960. The maximum absolute atomic E-state index is 4.47. The van der Waals surface area contributed by atoms with E-state index in [9.17, 15) is 0 Å². The summed E-state index contributed by atoms with van der Waals surface area (Å²) in [6.45, 7) is 6.84. The van der Waals surface area contributed by atoms with Crippen molar-refractivity contribution < 1.29 is 0 Å². The highest BCUT2D eigenvalue weighted by atomic mass is 79.9. The van der Waals surface area contributed by atoms with E-state index in [0.717, 1.165) is 40.2 Å². The summed E-state index contributed by atoms with van der Waals surface area (Å²) in [6.07, 6.45) is 6.31. The molecule has 1 saturated heterocycles. The first kappa shape index (κ1) is 14.7. The lowest BCUT2D eigenvalue weighted by Crippen LogP contribution is -2.36. The van der Waals surface area contributed by atoms with E-state index in [-0.39, 0.29) is 0 Å². The molecule has 1 aliphatic heterocycles. The molecule has 0 atom stereocenters. The molecule has 21 heavy (non-hydrogen) atoms. The summed E-state index contributed by atoms with van der Waals surface area (Å²) >= 11 is 3.44. The molecule has 3 heterocycles. The van der Waals surface area contributed by atoms with Crippen LogP contribution in [-0.4, -0.2) is 41.0 Å². The molecule has 112 valence electrons. The minimum absolute atomic E-state index is 0.890. The first-order valence-corrected chi connectivity index (χ1v) is 8.38. The van der Waals surface area contributed by atoms with Gasteiger partial charge >= 0.3 is 0 Å². The summed E-state index contributed by atoms with van der Waals surface area (Å²) in [5.41, 5.74) is 2.92. The Morgan fingerprint density at radius 3 is 2.95 bits per heavy atom. The summed E-state index contributed by atoms with van der Waals surface area (Å²) in [7, 11) is 0. The van der Waals surface area contributed by atoms with Crippen LogP contribution in [0, 0.1) is 5.92 Å². The van der Waals surface area contributed by atoms with E-state index in [0.29, 0.717) is 0 Å². The molecule has 0 amide bonds. The summed E-state index contributed by atoms with van der Waals surface area (Å²) in [6, 6.07) is 4.00. The Morgan fingerprint density at radius 1 is 1.33 bits per heavy atom. The van der Waals surface area contributed by atoms with Gasteiger partial charge in [0.2, 0.25) is 0 Å². The van der Waals surface area contributed by atoms with E-state index < -0.39 is 0 Å². The summed E-state index contributed by atoms with van der Waals surface area (Å²) in [5.74, 6) is 0.890. The molecule has 4 nitrogen and oxygen atoms in total. The van der Waals surface area contributed by atoms with E-state index >= 15 is 0 Å². The third-order valence-corrected chi connectivity index (χ3v) is 4.60. The van der Waals surface area contributed by atoms with Gasteiger partial charge in [-0.15, -0.1) is 0 Å². The zero-order valence-corrected chi connectivity index (χ0v) is 13.9. The quantitative estimate of drug-likeness (QED) is 0.917. The predicted molar refractivity (Wildman–Crippen MR) is 90.6 cm³/mol. The molecule has 1 aliphatic rings. The molecule has 0 aromatic carbocycles. The molecule has 1 fully saturated rings. The number of nitrogens with one attached hydrogen (secondary N) is 1. The van der Waals surface area contributed by atoms with Crippen molar-refractivity contribution in [2.45, 2.75) is 19.8 Å². The van der Waals surface area contributed by atoms with Crippen LogP contribution in [0.1, 0.15) is 19.8 Å². The van der Waals surface area contributed by atoms with Crippen LogP contribution < -0.4 is 5.32 Å². The normalized spacial score (nSPS) is 17.2. The van der Waals surface area contributed by atoms with Crippen molar-refractivity contribution >= 4 is 32.7 Å². The summed E-state index contributed by atoms with van der Waals surface area (Å²) in [4.78, 5) is 11.4. The van der Waals surface area contributed by atoms with Gasteiger partial charge in [-0.2, -0.15) is 0 Å². The van der Waals surface area contributed by atoms with Gasteiger partial charge in [-0.1, -0.05) is 6.92 Å². The Labute approximate surface area is 134 Å². The van der Waals surface area contributed by atoms with E-state index in [1.54, 1.807) is 0 Å². The Hall–Kier alpha value is -1.20. The van der Waals surface area contributed by atoms with Gasteiger partial charge in [0.1, 0.15) is 5.52 Å². The maximum atomic E-state index is 4.47. The van der Waals surface area contributed by atoms with Gasteiger partial charge in [-0.05, 0) is 59.9 Å². The molecular weight excluding hydrogens is 328 g/mol. The van der Waals surface area contributed by atoms with Crippen LogP contribution in [0.2, 0.25) is 0 Å². The zero-order chi connectivity index (χ0) is 14.7. The molecule has 0 spiro atoms. The second kappa shape index (κ2) is 6.71. The zero-order valence-electron chi connectivity index (χ0n) is 12.3. The van der Waals surface area contributed by atoms with E-state index in [1.165, 1.54) is 25.9 Å². The number of pyridine rings is 2. The number of likely N-dealkylation sites (tertiary alicyclic amines) is 1. The van der Waals surface area contributed by atoms with Gasteiger partial charge < -0.3 is 10.2 Å². The minimum atomic E-state index is 0.890. The first-order valence-electron chi connectivity index (χ1n) is 7.59. The number of hydrogen-bond acceptors (Lipinski definition) is 4. The molecule has 3 rings (SSSR count). The SMILES string of the molecule is CC1CCN(CCNc2ccnc3cc(Br)cnc23)CC1. The third-order valence-electron chi connectivity index (χ3n) is 4.16. The molecule has 1 N–H and O–H groups in total. The fourth-order valence-corrected chi connectivity index (χ4v) is 3.10. The van der Waals surface area contributed by atoms with Crippen molar-refractivity contribution in [1.82, 2.24) is 14.9 Å². The van der Waals surface area contributed by atoms with Crippen LogP contribution in [0.3, 0.4) is 0 Å². The highest BCUT2D eigenvalue weighted by molar-refractivity contribution is 9.10. The lowest BCUT2D eigenvalue weighted by Gasteiger charge is -2.30. The first-order chi connectivity index (χ1) is 10.2. The number of anilines is 1. The number of fused-ring (bicyclic) bond motifs is 1. The van der Waals surface area contributed by atoms with Crippen molar-refractivity contribution in [2.75, 3.05) is 31.5 Å². The molecule has 2 aromatic heterocycles. The smallest absolute Gasteiger partial charge is 0.112 e.